The molecule has 0 fully saturated rings. The first-order chi connectivity index (χ1) is 6.66. The van der Waals surface area contributed by atoms with Crippen LogP contribution in [-0.2, 0) is 6.54 Å². The molecular formula is C10H14N2O2. The van der Waals surface area contributed by atoms with Crippen LogP contribution in [0.3, 0.4) is 0 Å². The number of aryl methyl sites for hydroxylation is 1. The molecule has 1 heterocycles. The van der Waals surface area contributed by atoms with E-state index in [-0.39, 0.29) is 5.69 Å². The minimum atomic E-state index is -0.927. The summed E-state index contributed by atoms with van der Waals surface area (Å²) in [7, 11) is 0. The maximum atomic E-state index is 10.8. The third kappa shape index (κ3) is 2.22. The second kappa shape index (κ2) is 4.60. The van der Waals surface area contributed by atoms with E-state index in [2.05, 4.69) is 11.6 Å². The molecule has 0 aliphatic heterocycles. The van der Waals surface area contributed by atoms with Crippen molar-refractivity contribution < 1.29 is 9.90 Å². The number of allylic oxidation sites excluding steroid dienone is 1. The summed E-state index contributed by atoms with van der Waals surface area (Å²) in [5, 5.41) is 8.85. The van der Waals surface area contributed by atoms with Gasteiger partial charge in [-0.2, -0.15) is 0 Å². The summed E-state index contributed by atoms with van der Waals surface area (Å²) in [6.07, 6.45) is 5.00. The largest absolute Gasteiger partial charge is 0.477 e. The maximum absolute atomic E-state index is 10.8. The van der Waals surface area contributed by atoms with Gasteiger partial charge in [0.05, 0.1) is 6.20 Å². The average Bonchev–Trinajstić information content (AvgIpc) is 2.48. The van der Waals surface area contributed by atoms with Crippen LogP contribution in [0, 0.1) is 6.92 Å². The third-order valence-corrected chi connectivity index (χ3v) is 2.06. The zero-order valence-electron chi connectivity index (χ0n) is 8.23. The van der Waals surface area contributed by atoms with Gasteiger partial charge in [0, 0.05) is 6.54 Å². The van der Waals surface area contributed by atoms with Crippen molar-refractivity contribution in [3.8, 4) is 0 Å². The number of hydrogen-bond acceptors (Lipinski definition) is 2. The van der Waals surface area contributed by atoms with Gasteiger partial charge < -0.3 is 9.67 Å². The van der Waals surface area contributed by atoms with E-state index in [1.807, 2.05) is 6.08 Å². The van der Waals surface area contributed by atoms with E-state index >= 15 is 0 Å². The molecule has 0 radical (unpaired) electrons. The molecule has 0 saturated carbocycles. The Balaban J connectivity index is 2.77. The predicted molar refractivity (Wildman–Crippen MR) is 53.4 cm³/mol. The predicted octanol–water partition coefficient (Wildman–Crippen LogP) is 1.86. The normalized spacial score (nSPS) is 10.1. The third-order valence-electron chi connectivity index (χ3n) is 2.06. The van der Waals surface area contributed by atoms with Crippen LogP contribution in [0.15, 0.2) is 18.9 Å². The molecular weight excluding hydrogens is 180 g/mol. The fourth-order valence-electron chi connectivity index (χ4n) is 1.31. The summed E-state index contributed by atoms with van der Waals surface area (Å²) in [4.78, 5) is 14.8. The molecule has 4 heteroatoms. The van der Waals surface area contributed by atoms with Crippen LogP contribution in [0.4, 0.5) is 0 Å². The first kappa shape index (κ1) is 10.5. The van der Waals surface area contributed by atoms with Crippen molar-refractivity contribution in [3.63, 3.8) is 0 Å². The van der Waals surface area contributed by atoms with E-state index in [4.69, 9.17) is 5.11 Å². The van der Waals surface area contributed by atoms with Crippen molar-refractivity contribution in [1.82, 2.24) is 9.55 Å². The summed E-state index contributed by atoms with van der Waals surface area (Å²) < 4.78 is 1.71. The first-order valence-corrected chi connectivity index (χ1v) is 4.53. The van der Waals surface area contributed by atoms with Crippen LogP contribution in [-0.4, -0.2) is 20.6 Å². The van der Waals surface area contributed by atoms with E-state index in [0.717, 1.165) is 18.7 Å². The zero-order chi connectivity index (χ0) is 10.6. The summed E-state index contributed by atoms with van der Waals surface area (Å²) in [6.45, 7) is 6.10. The van der Waals surface area contributed by atoms with E-state index in [1.165, 1.54) is 6.20 Å². The van der Waals surface area contributed by atoms with Crippen LogP contribution >= 0.6 is 0 Å². The maximum Gasteiger partial charge on any atom is 0.354 e. The quantitative estimate of drug-likeness (QED) is 0.575. The molecule has 14 heavy (non-hydrogen) atoms. The molecule has 0 amide bonds. The van der Waals surface area contributed by atoms with Crippen molar-refractivity contribution >= 4 is 5.97 Å². The Morgan fingerprint density at radius 3 is 3.07 bits per heavy atom. The summed E-state index contributed by atoms with van der Waals surface area (Å²) in [5.74, 6) is -0.185. The van der Waals surface area contributed by atoms with Gasteiger partial charge in [-0.15, -0.1) is 6.58 Å². The fraction of sp³-hybridized carbons (Fsp3) is 0.400. The second-order valence-electron chi connectivity index (χ2n) is 3.08. The number of carboxylic acid groups (broad SMARTS) is 1. The van der Waals surface area contributed by atoms with Gasteiger partial charge in [-0.1, -0.05) is 6.08 Å². The van der Waals surface area contributed by atoms with Crippen molar-refractivity contribution in [1.29, 1.82) is 0 Å². The number of rotatable bonds is 5. The number of aromatic nitrogens is 2. The zero-order valence-corrected chi connectivity index (χ0v) is 8.23. The van der Waals surface area contributed by atoms with Crippen molar-refractivity contribution in [2.24, 2.45) is 0 Å². The van der Waals surface area contributed by atoms with Crippen LogP contribution < -0.4 is 0 Å². The molecule has 0 unspecified atom stereocenters. The minimum absolute atomic E-state index is 0.256. The number of hydrogen-bond donors (Lipinski definition) is 1. The summed E-state index contributed by atoms with van der Waals surface area (Å²) in [6, 6.07) is 0. The standard InChI is InChI=1S/C10H14N2O2/c1-3-4-5-6-12-8(2)11-7-9(12)10(13)14/h3,7H,1,4-6H2,2H3,(H,13,14). The lowest BCUT2D eigenvalue weighted by Crippen LogP contribution is -2.09. The lowest BCUT2D eigenvalue weighted by molar-refractivity contribution is 0.0684. The first-order valence-electron chi connectivity index (χ1n) is 4.53. The molecule has 1 aromatic heterocycles. The highest BCUT2D eigenvalue weighted by Gasteiger charge is 2.11. The molecule has 0 aliphatic rings. The highest BCUT2D eigenvalue weighted by atomic mass is 16.4. The molecule has 1 aromatic rings. The number of carboxylic acids is 1. The monoisotopic (exact) mass is 194 g/mol. The van der Waals surface area contributed by atoms with Crippen molar-refractivity contribution in [2.75, 3.05) is 0 Å². The van der Waals surface area contributed by atoms with Crippen LogP contribution in [0.2, 0.25) is 0 Å². The molecule has 0 aliphatic carbocycles. The summed E-state index contributed by atoms with van der Waals surface area (Å²) >= 11 is 0. The van der Waals surface area contributed by atoms with Gasteiger partial charge in [-0.3, -0.25) is 0 Å². The van der Waals surface area contributed by atoms with Gasteiger partial charge in [-0.25, -0.2) is 9.78 Å². The Kier molecular flexibility index (Phi) is 3.45. The van der Waals surface area contributed by atoms with Crippen molar-refractivity contribution in [3.05, 3.63) is 30.4 Å². The molecule has 0 spiro atoms. The highest BCUT2D eigenvalue weighted by molar-refractivity contribution is 5.85. The molecule has 1 N–H and O–H groups in total. The molecule has 76 valence electrons. The van der Waals surface area contributed by atoms with Gasteiger partial charge in [-0.05, 0) is 19.8 Å². The number of nitrogens with zero attached hydrogens (tertiary/aromatic N) is 2. The van der Waals surface area contributed by atoms with E-state index in [0.29, 0.717) is 6.54 Å². The molecule has 0 aromatic carbocycles. The molecule has 0 saturated heterocycles. The molecule has 4 nitrogen and oxygen atoms in total. The lowest BCUT2D eigenvalue weighted by atomic mass is 10.3. The lowest BCUT2D eigenvalue weighted by Gasteiger charge is -2.05. The highest BCUT2D eigenvalue weighted by Crippen LogP contribution is 2.07. The number of imidazole rings is 1. The number of unbranched alkanes of at least 4 members (excludes halogenated alkanes) is 1. The van der Waals surface area contributed by atoms with Gasteiger partial charge in [0.25, 0.3) is 0 Å². The summed E-state index contributed by atoms with van der Waals surface area (Å²) in [5.41, 5.74) is 0.256. The number of aromatic carboxylic acids is 1. The minimum Gasteiger partial charge on any atom is -0.477 e. The Bertz CT molecular complexity index is 342. The Morgan fingerprint density at radius 1 is 1.79 bits per heavy atom. The average molecular weight is 194 g/mol. The van der Waals surface area contributed by atoms with Gasteiger partial charge in [0.2, 0.25) is 0 Å². The Morgan fingerprint density at radius 2 is 2.50 bits per heavy atom. The van der Waals surface area contributed by atoms with Crippen molar-refractivity contribution in [2.45, 2.75) is 26.3 Å². The van der Waals surface area contributed by atoms with Gasteiger partial charge >= 0.3 is 5.97 Å². The SMILES string of the molecule is C=CCCCn1c(C(=O)O)cnc1C. The van der Waals surface area contributed by atoms with Gasteiger partial charge in [0.1, 0.15) is 11.5 Å². The van der Waals surface area contributed by atoms with E-state index < -0.39 is 5.97 Å². The van der Waals surface area contributed by atoms with E-state index in [1.54, 1.807) is 11.5 Å². The van der Waals surface area contributed by atoms with Gasteiger partial charge in [0.15, 0.2) is 0 Å². The smallest absolute Gasteiger partial charge is 0.354 e. The molecule has 0 bridgehead atoms. The fourth-order valence-corrected chi connectivity index (χ4v) is 1.31. The topological polar surface area (TPSA) is 55.1 Å². The molecule has 1 rings (SSSR count). The second-order valence-corrected chi connectivity index (χ2v) is 3.08. The van der Waals surface area contributed by atoms with Crippen LogP contribution in [0.25, 0.3) is 0 Å². The van der Waals surface area contributed by atoms with E-state index in [9.17, 15) is 4.79 Å². The van der Waals surface area contributed by atoms with Crippen LogP contribution in [0.5, 0.6) is 0 Å². The Hall–Kier alpha value is -1.58. The van der Waals surface area contributed by atoms with Crippen LogP contribution in [0.1, 0.15) is 29.2 Å². The molecule has 0 atom stereocenters. The number of carbonyl (C=O) groups is 1. The Labute approximate surface area is 82.9 Å².